The van der Waals surface area contributed by atoms with Crippen LogP contribution in [0.1, 0.15) is 23.2 Å². The number of nitrogens with zero attached hydrogens (tertiary/aromatic N) is 2. The molecule has 0 atom stereocenters. The highest BCUT2D eigenvalue weighted by Gasteiger charge is 2.18. The topological polar surface area (TPSA) is 79.4 Å². The SMILES string of the molecule is Cc1cccc(CNC(=O)CCN(Cc2ccccn2)S(C)(=O)=O)c1. The maximum absolute atomic E-state index is 12.0. The van der Waals surface area contributed by atoms with Gasteiger partial charge in [0.25, 0.3) is 0 Å². The van der Waals surface area contributed by atoms with E-state index in [0.717, 1.165) is 17.4 Å². The van der Waals surface area contributed by atoms with Gasteiger partial charge in [-0.2, -0.15) is 4.31 Å². The van der Waals surface area contributed by atoms with Crippen molar-refractivity contribution < 1.29 is 13.2 Å². The number of hydrogen-bond donors (Lipinski definition) is 1. The smallest absolute Gasteiger partial charge is 0.221 e. The summed E-state index contributed by atoms with van der Waals surface area (Å²) >= 11 is 0. The highest BCUT2D eigenvalue weighted by molar-refractivity contribution is 7.88. The Labute approximate surface area is 148 Å². The summed E-state index contributed by atoms with van der Waals surface area (Å²) in [6.07, 6.45) is 2.86. The summed E-state index contributed by atoms with van der Waals surface area (Å²) in [4.78, 5) is 16.2. The van der Waals surface area contributed by atoms with Crippen LogP contribution >= 0.6 is 0 Å². The number of sulfonamides is 1. The van der Waals surface area contributed by atoms with Gasteiger partial charge in [0.1, 0.15) is 0 Å². The zero-order chi connectivity index (χ0) is 18.3. The number of carbonyl (C=O) groups is 1. The predicted molar refractivity (Wildman–Crippen MR) is 97.1 cm³/mol. The largest absolute Gasteiger partial charge is 0.352 e. The van der Waals surface area contributed by atoms with Crippen molar-refractivity contribution in [2.45, 2.75) is 26.4 Å². The molecule has 1 N–H and O–H groups in total. The second kappa shape index (κ2) is 8.73. The van der Waals surface area contributed by atoms with Gasteiger partial charge < -0.3 is 5.32 Å². The third-order valence-electron chi connectivity index (χ3n) is 3.69. The molecule has 0 aliphatic rings. The summed E-state index contributed by atoms with van der Waals surface area (Å²) in [6, 6.07) is 13.2. The summed E-state index contributed by atoms with van der Waals surface area (Å²) in [5.41, 5.74) is 2.79. The van der Waals surface area contributed by atoms with E-state index in [-0.39, 0.29) is 25.4 Å². The lowest BCUT2D eigenvalue weighted by atomic mass is 10.1. The maximum atomic E-state index is 12.0. The molecule has 0 fully saturated rings. The summed E-state index contributed by atoms with van der Waals surface area (Å²) in [5, 5.41) is 2.82. The molecule has 0 unspecified atom stereocenters. The molecule has 0 bridgehead atoms. The van der Waals surface area contributed by atoms with E-state index < -0.39 is 10.0 Å². The van der Waals surface area contributed by atoms with Gasteiger partial charge in [0.2, 0.25) is 15.9 Å². The van der Waals surface area contributed by atoms with E-state index >= 15 is 0 Å². The molecule has 1 aromatic carbocycles. The first-order valence-corrected chi connectivity index (χ1v) is 9.87. The van der Waals surface area contributed by atoms with Crippen molar-refractivity contribution in [3.63, 3.8) is 0 Å². The summed E-state index contributed by atoms with van der Waals surface area (Å²) in [7, 11) is -3.42. The molecule has 0 saturated carbocycles. The van der Waals surface area contributed by atoms with Crippen LogP contribution in [-0.4, -0.2) is 36.4 Å². The molecule has 0 aliphatic heterocycles. The van der Waals surface area contributed by atoms with Crippen LogP contribution in [0.15, 0.2) is 48.7 Å². The third kappa shape index (κ3) is 6.64. The zero-order valence-corrected chi connectivity index (χ0v) is 15.3. The van der Waals surface area contributed by atoms with Crippen LogP contribution in [0.2, 0.25) is 0 Å². The van der Waals surface area contributed by atoms with Crippen molar-refractivity contribution in [2.24, 2.45) is 0 Å². The lowest BCUT2D eigenvalue weighted by Gasteiger charge is -2.19. The highest BCUT2D eigenvalue weighted by atomic mass is 32.2. The lowest BCUT2D eigenvalue weighted by Crippen LogP contribution is -2.34. The van der Waals surface area contributed by atoms with E-state index in [1.54, 1.807) is 24.4 Å². The molecular weight excluding hydrogens is 338 g/mol. The van der Waals surface area contributed by atoms with Gasteiger partial charge in [-0.25, -0.2) is 8.42 Å². The Morgan fingerprint density at radius 1 is 1.20 bits per heavy atom. The van der Waals surface area contributed by atoms with Crippen LogP contribution in [0.3, 0.4) is 0 Å². The average Bonchev–Trinajstić information content (AvgIpc) is 2.56. The number of nitrogens with one attached hydrogen (secondary N) is 1. The molecule has 1 amide bonds. The van der Waals surface area contributed by atoms with Crippen LogP contribution in [0.5, 0.6) is 0 Å². The Morgan fingerprint density at radius 3 is 2.64 bits per heavy atom. The molecule has 0 radical (unpaired) electrons. The lowest BCUT2D eigenvalue weighted by molar-refractivity contribution is -0.121. The van der Waals surface area contributed by atoms with Crippen molar-refractivity contribution in [1.82, 2.24) is 14.6 Å². The van der Waals surface area contributed by atoms with Crippen molar-refractivity contribution >= 4 is 15.9 Å². The quantitative estimate of drug-likeness (QED) is 0.778. The third-order valence-corrected chi connectivity index (χ3v) is 4.94. The minimum absolute atomic E-state index is 0.103. The molecule has 2 aromatic rings. The summed E-state index contributed by atoms with van der Waals surface area (Å²) < 4.78 is 25.1. The van der Waals surface area contributed by atoms with E-state index in [1.165, 1.54) is 4.31 Å². The number of benzene rings is 1. The normalized spacial score (nSPS) is 11.5. The second-order valence-electron chi connectivity index (χ2n) is 5.93. The monoisotopic (exact) mass is 361 g/mol. The van der Waals surface area contributed by atoms with Gasteiger partial charge in [0.05, 0.1) is 18.5 Å². The van der Waals surface area contributed by atoms with Gasteiger partial charge in [-0.1, -0.05) is 35.9 Å². The molecule has 6 nitrogen and oxygen atoms in total. The van der Waals surface area contributed by atoms with Gasteiger partial charge in [0.15, 0.2) is 0 Å². The molecular formula is C18H23N3O3S. The Bertz CT molecular complexity index is 807. The Balaban J connectivity index is 1.88. The molecule has 7 heteroatoms. The first kappa shape index (κ1) is 19.1. The molecule has 1 heterocycles. The maximum Gasteiger partial charge on any atom is 0.221 e. The molecule has 0 aliphatic carbocycles. The number of amides is 1. The number of hydrogen-bond acceptors (Lipinski definition) is 4. The van der Waals surface area contributed by atoms with Gasteiger partial charge in [0, 0.05) is 25.7 Å². The Kier molecular flexibility index (Phi) is 6.66. The standard InChI is InChI=1S/C18H23N3O3S/c1-15-6-5-7-16(12-15)13-20-18(22)9-11-21(25(2,23)24)14-17-8-3-4-10-19-17/h3-8,10,12H,9,11,13-14H2,1-2H3,(H,20,22). The number of pyridine rings is 1. The second-order valence-corrected chi connectivity index (χ2v) is 7.92. The summed E-state index contributed by atoms with van der Waals surface area (Å²) in [5.74, 6) is -0.184. The van der Waals surface area contributed by atoms with Crippen molar-refractivity contribution in [1.29, 1.82) is 0 Å². The molecule has 1 aromatic heterocycles. The fourth-order valence-electron chi connectivity index (χ4n) is 2.37. The van der Waals surface area contributed by atoms with E-state index in [9.17, 15) is 13.2 Å². The van der Waals surface area contributed by atoms with E-state index in [4.69, 9.17) is 0 Å². The van der Waals surface area contributed by atoms with Gasteiger partial charge in [-0.05, 0) is 24.6 Å². The van der Waals surface area contributed by atoms with Gasteiger partial charge >= 0.3 is 0 Å². The molecule has 25 heavy (non-hydrogen) atoms. The van der Waals surface area contributed by atoms with E-state index in [0.29, 0.717) is 12.2 Å². The molecule has 2 rings (SSSR count). The molecule has 134 valence electrons. The predicted octanol–water partition coefficient (Wildman–Crippen LogP) is 1.86. The van der Waals surface area contributed by atoms with Gasteiger partial charge in [-0.15, -0.1) is 0 Å². The van der Waals surface area contributed by atoms with Crippen LogP contribution < -0.4 is 5.32 Å². The fourth-order valence-corrected chi connectivity index (χ4v) is 3.16. The van der Waals surface area contributed by atoms with Crippen LogP contribution in [0.4, 0.5) is 0 Å². The van der Waals surface area contributed by atoms with Crippen LogP contribution in [-0.2, 0) is 27.9 Å². The summed E-state index contributed by atoms with van der Waals surface area (Å²) in [6.45, 7) is 2.70. The number of rotatable bonds is 8. The minimum Gasteiger partial charge on any atom is -0.352 e. The molecule has 0 saturated heterocycles. The zero-order valence-electron chi connectivity index (χ0n) is 14.5. The van der Waals surface area contributed by atoms with Crippen molar-refractivity contribution in [2.75, 3.05) is 12.8 Å². The van der Waals surface area contributed by atoms with Crippen LogP contribution in [0, 0.1) is 6.92 Å². The average molecular weight is 361 g/mol. The van der Waals surface area contributed by atoms with Gasteiger partial charge in [-0.3, -0.25) is 9.78 Å². The van der Waals surface area contributed by atoms with Crippen LogP contribution in [0.25, 0.3) is 0 Å². The van der Waals surface area contributed by atoms with Crippen molar-refractivity contribution in [3.8, 4) is 0 Å². The van der Waals surface area contributed by atoms with E-state index in [1.807, 2.05) is 31.2 Å². The number of aryl methyl sites for hydroxylation is 1. The Hall–Kier alpha value is -2.25. The first-order chi connectivity index (χ1) is 11.8. The van der Waals surface area contributed by atoms with Crippen molar-refractivity contribution in [3.05, 3.63) is 65.5 Å². The fraction of sp³-hybridized carbons (Fsp3) is 0.333. The number of carbonyl (C=O) groups excluding carboxylic acids is 1. The number of aromatic nitrogens is 1. The molecule has 0 spiro atoms. The Morgan fingerprint density at radius 2 is 2.00 bits per heavy atom. The van der Waals surface area contributed by atoms with E-state index in [2.05, 4.69) is 10.3 Å². The highest BCUT2D eigenvalue weighted by Crippen LogP contribution is 2.07. The first-order valence-electron chi connectivity index (χ1n) is 8.02. The minimum atomic E-state index is -3.42.